The van der Waals surface area contributed by atoms with Gasteiger partial charge in [0.05, 0.1) is 32.0 Å². The third-order valence-electron chi connectivity index (χ3n) is 14.1. The number of ether oxygens (including phenoxy) is 3. The normalized spacial score (nSPS) is 19.2. The maximum Gasteiger partial charge on any atom is 0.305 e. The molecule has 0 aromatic heterocycles. The molecule has 444 valence electrons. The molecule has 0 aromatic carbocycles. The van der Waals surface area contributed by atoms with Crippen LogP contribution in [0.2, 0.25) is 0 Å². The highest BCUT2D eigenvalue weighted by molar-refractivity contribution is 5.76. The Labute approximate surface area is 470 Å². The van der Waals surface area contributed by atoms with Crippen LogP contribution in [0.3, 0.4) is 0 Å². The lowest BCUT2D eigenvalue weighted by Gasteiger charge is -2.40. The summed E-state index contributed by atoms with van der Waals surface area (Å²) in [6, 6.07) is -0.841. The second-order valence-electron chi connectivity index (χ2n) is 21.4. The van der Waals surface area contributed by atoms with Crippen LogP contribution in [0.5, 0.6) is 0 Å². The number of allylic oxidation sites excluding steroid dienone is 13. The summed E-state index contributed by atoms with van der Waals surface area (Å²) < 4.78 is 16.7. The van der Waals surface area contributed by atoms with Crippen LogP contribution in [0.15, 0.2) is 85.1 Å². The predicted molar refractivity (Wildman–Crippen MR) is 319 cm³/mol. The van der Waals surface area contributed by atoms with Gasteiger partial charge in [0, 0.05) is 12.8 Å². The minimum atomic E-state index is -1.58. The first-order valence-electron chi connectivity index (χ1n) is 31.4. The molecule has 1 aliphatic rings. The Morgan fingerprint density at radius 3 is 1.36 bits per heavy atom. The van der Waals surface area contributed by atoms with Crippen molar-refractivity contribution in [3.8, 4) is 0 Å². The van der Waals surface area contributed by atoms with Gasteiger partial charge in [-0.05, 0) is 109 Å². The van der Waals surface area contributed by atoms with Crippen LogP contribution in [0.25, 0.3) is 0 Å². The number of nitrogens with one attached hydrogen (secondary N) is 1. The van der Waals surface area contributed by atoms with Gasteiger partial charge < -0.3 is 45.1 Å². The van der Waals surface area contributed by atoms with Gasteiger partial charge in [0.25, 0.3) is 0 Å². The van der Waals surface area contributed by atoms with E-state index in [0.717, 1.165) is 116 Å². The molecule has 1 heterocycles. The molecule has 1 rings (SSSR count). The molecule has 11 heteroatoms. The first-order valence-corrected chi connectivity index (χ1v) is 31.4. The molecule has 11 nitrogen and oxygen atoms in total. The highest BCUT2D eigenvalue weighted by atomic mass is 16.7. The van der Waals surface area contributed by atoms with Crippen LogP contribution < -0.4 is 5.32 Å². The Bertz CT molecular complexity index is 1550. The number of hydrogen-bond donors (Lipinski definition) is 6. The van der Waals surface area contributed by atoms with Crippen molar-refractivity contribution < 1.29 is 49.3 Å². The van der Waals surface area contributed by atoms with Gasteiger partial charge >= 0.3 is 5.97 Å². The zero-order valence-electron chi connectivity index (χ0n) is 48.9. The largest absolute Gasteiger partial charge is 0.466 e. The molecule has 1 saturated heterocycles. The minimum absolute atomic E-state index is 0.0188. The highest BCUT2D eigenvalue weighted by Gasteiger charge is 2.44. The second kappa shape index (κ2) is 54.8. The average molecular weight is 1080 g/mol. The molecule has 77 heavy (non-hydrogen) atoms. The summed E-state index contributed by atoms with van der Waals surface area (Å²) in [6.07, 6.45) is 64.1. The van der Waals surface area contributed by atoms with Crippen molar-refractivity contribution in [1.29, 1.82) is 0 Å². The number of esters is 1. The Balaban J connectivity index is 2.04. The van der Waals surface area contributed by atoms with Crippen molar-refractivity contribution in [1.82, 2.24) is 5.32 Å². The summed E-state index contributed by atoms with van der Waals surface area (Å²) in [4.78, 5) is 25.0. The maximum absolute atomic E-state index is 13.0. The third-order valence-corrected chi connectivity index (χ3v) is 14.1. The fourth-order valence-electron chi connectivity index (χ4n) is 9.19. The van der Waals surface area contributed by atoms with Gasteiger partial charge in [-0.25, -0.2) is 0 Å². The first kappa shape index (κ1) is 71.9. The number of carbonyl (C=O) groups is 2. The van der Waals surface area contributed by atoms with Crippen molar-refractivity contribution in [2.24, 2.45) is 0 Å². The summed E-state index contributed by atoms with van der Waals surface area (Å²) >= 11 is 0. The summed E-state index contributed by atoms with van der Waals surface area (Å²) in [5.74, 6) is -0.225. The van der Waals surface area contributed by atoms with E-state index in [2.05, 4.69) is 92.1 Å². The van der Waals surface area contributed by atoms with Gasteiger partial charge in [0.2, 0.25) is 5.91 Å². The Kier molecular flexibility index (Phi) is 51.1. The number of aliphatic hydroxyl groups excluding tert-OH is 5. The number of unbranched alkanes of at least 4 members (excludes halogenated alkanes) is 27. The van der Waals surface area contributed by atoms with Crippen LogP contribution >= 0.6 is 0 Å². The Morgan fingerprint density at radius 2 is 0.883 bits per heavy atom. The van der Waals surface area contributed by atoms with E-state index in [1.54, 1.807) is 6.08 Å². The van der Waals surface area contributed by atoms with E-state index in [1.165, 1.54) is 116 Å². The van der Waals surface area contributed by atoms with Crippen molar-refractivity contribution in [2.75, 3.05) is 19.8 Å². The smallest absolute Gasteiger partial charge is 0.305 e. The van der Waals surface area contributed by atoms with Crippen molar-refractivity contribution in [3.05, 3.63) is 85.1 Å². The van der Waals surface area contributed by atoms with Gasteiger partial charge in [-0.3, -0.25) is 9.59 Å². The molecule has 0 radical (unpaired) electrons. The number of amides is 1. The second-order valence-corrected chi connectivity index (χ2v) is 21.4. The number of carbonyl (C=O) groups excluding carboxylic acids is 2. The van der Waals surface area contributed by atoms with Crippen molar-refractivity contribution in [2.45, 2.75) is 301 Å². The van der Waals surface area contributed by atoms with E-state index in [9.17, 15) is 35.1 Å². The summed E-state index contributed by atoms with van der Waals surface area (Å²) in [6.45, 7) is 4.16. The van der Waals surface area contributed by atoms with Gasteiger partial charge in [0.1, 0.15) is 24.4 Å². The van der Waals surface area contributed by atoms with Gasteiger partial charge in [-0.1, -0.05) is 221 Å². The molecular formula is C66H115NO10. The summed E-state index contributed by atoms with van der Waals surface area (Å²) in [7, 11) is 0. The van der Waals surface area contributed by atoms with Crippen LogP contribution in [-0.2, 0) is 23.8 Å². The standard InChI is InChI=1S/C66H115NO10/c1-3-5-7-9-11-13-15-29-34-38-42-46-50-54-62(71)75-55-51-47-43-39-35-31-28-26-24-22-20-18-16-17-19-21-23-25-27-30-33-37-41-45-49-53-61(70)67-58(57-76-66-65(74)64(73)63(72)60(56-68)77-66)59(69)52-48-44-40-36-32-14-12-10-8-6-4-2/h7-10,13,15,17-20,32,36,48,52,58-60,63-66,68-69,72-74H,3-6,11-12,14,16,21-31,33-35,37-47,49-51,53-57H2,1-2H3,(H,67,70)/b9-7-,10-8+,15-13-,19-17-,20-18-,36-32+,52-48+. The SMILES string of the molecule is CCC/C=C\C/C=C\CCCCCCCC(=O)OCCCCCCCCCCC/C=C\C/C=C\CCCCCCCCCCCC(=O)NC(COC1OC(CO)C(O)C(O)C1O)C(O)/C=C/CC/C=C/CC/C=C/CCC. The number of rotatable bonds is 53. The monoisotopic (exact) mass is 1080 g/mol. The van der Waals surface area contributed by atoms with Crippen LogP contribution in [0.4, 0.5) is 0 Å². The number of hydrogen-bond acceptors (Lipinski definition) is 10. The molecule has 7 unspecified atom stereocenters. The van der Waals surface area contributed by atoms with Gasteiger partial charge in [0.15, 0.2) is 6.29 Å². The third kappa shape index (κ3) is 44.3. The Morgan fingerprint density at radius 1 is 0.481 bits per heavy atom. The average Bonchev–Trinajstić information content (AvgIpc) is 3.43. The fourth-order valence-corrected chi connectivity index (χ4v) is 9.19. The molecular weight excluding hydrogens is 967 g/mol. The van der Waals surface area contributed by atoms with E-state index in [1.807, 2.05) is 6.08 Å². The van der Waals surface area contributed by atoms with E-state index < -0.39 is 49.5 Å². The van der Waals surface area contributed by atoms with E-state index in [4.69, 9.17) is 14.2 Å². The highest BCUT2D eigenvalue weighted by Crippen LogP contribution is 2.23. The molecule has 0 aromatic rings. The molecule has 7 atom stereocenters. The van der Waals surface area contributed by atoms with Crippen LogP contribution in [-0.4, -0.2) is 100 Å². The molecule has 1 amide bonds. The van der Waals surface area contributed by atoms with Gasteiger partial charge in [-0.15, -0.1) is 0 Å². The summed E-state index contributed by atoms with van der Waals surface area (Å²) in [5, 5.41) is 54.3. The molecule has 0 spiro atoms. The fraction of sp³-hybridized carbons (Fsp3) is 0.758. The summed E-state index contributed by atoms with van der Waals surface area (Å²) in [5.41, 5.74) is 0. The molecule has 0 aliphatic carbocycles. The molecule has 1 aliphatic heterocycles. The molecule has 1 fully saturated rings. The lowest BCUT2D eigenvalue weighted by molar-refractivity contribution is -0.302. The number of aliphatic hydroxyl groups is 5. The topological polar surface area (TPSA) is 175 Å². The van der Waals surface area contributed by atoms with E-state index in [-0.39, 0.29) is 18.5 Å². The first-order chi connectivity index (χ1) is 37.7. The van der Waals surface area contributed by atoms with Gasteiger partial charge in [-0.2, -0.15) is 0 Å². The van der Waals surface area contributed by atoms with Crippen molar-refractivity contribution in [3.63, 3.8) is 0 Å². The molecule has 6 N–H and O–H groups in total. The predicted octanol–water partition coefficient (Wildman–Crippen LogP) is 14.9. The molecule has 0 bridgehead atoms. The van der Waals surface area contributed by atoms with Crippen molar-refractivity contribution >= 4 is 11.9 Å². The lowest BCUT2D eigenvalue weighted by Crippen LogP contribution is -2.60. The van der Waals surface area contributed by atoms with E-state index >= 15 is 0 Å². The quantitative estimate of drug-likeness (QED) is 0.0195. The maximum atomic E-state index is 13.0. The van der Waals surface area contributed by atoms with Crippen LogP contribution in [0.1, 0.15) is 258 Å². The van der Waals surface area contributed by atoms with Crippen LogP contribution in [0, 0.1) is 0 Å². The minimum Gasteiger partial charge on any atom is -0.466 e. The zero-order chi connectivity index (χ0) is 55.9. The lowest BCUT2D eigenvalue weighted by atomic mass is 9.99. The zero-order valence-corrected chi connectivity index (χ0v) is 48.9. The molecule has 0 saturated carbocycles. The Hall–Kier alpha value is -3.16. The van der Waals surface area contributed by atoms with E-state index in [0.29, 0.717) is 19.4 Å².